The summed E-state index contributed by atoms with van der Waals surface area (Å²) >= 11 is 0. The summed E-state index contributed by atoms with van der Waals surface area (Å²) in [6, 6.07) is 2.25. The molecular formula is C11H20Cl2N4. The molecule has 1 N–H and O–H groups in total. The Morgan fingerprint density at radius 2 is 1.94 bits per heavy atom. The van der Waals surface area contributed by atoms with Crippen molar-refractivity contribution in [2.24, 2.45) is 0 Å². The Labute approximate surface area is 115 Å². The van der Waals surface area contributed by atoms with Crippen molar-refractivity contribution in [2.75, 3.05) is 19.6 Å². The monoisotopic (exact) mass is 278 g/mol. The van der Waals surface area contributed by atoms with E-state index in [1.54, 1.807) is 0 Å². The van der Waals surface area contributed by atoms with Gasteiger partial charge < -0.3 is 5.32 Å². The first kappa shape index (κ1) is 14.8. The van der Waals surface area contributed by atoms with Gasteiger partial charge in [0, 0.05) is 19.6 Å². The Bertz CT molecular complexity index is 324. The van der Waals surface area contributed by atoms with E-state index in [1.165, 1.54) is 37.3 Å². The van der Waals surface area contributed by atoms with E-state index in [2.05, 4.69) is 26.1 Å². The van der Waals surface area contributed by atoms with Crippen LogP contribution in [-0.4, -0.2) is 34.3 Å². The number of aromatic nitrogens is 2. The van der Waals surface area contributed by atoms with Crippen LogP contribution >= 0.6 is 24.8 Å². The van der Waals surface area contributed by atoms with Gasteiger partial charge in [0.2, 0.25) is 0 Å². The van der Waals surface area contributed by atoms with E-state index in [-0.39, 0.29) is 24.8 Å². The van der Waals surface area contributed by atoms with Crippen LogP contribution in [0, 0.1) is 0 Å². The maximum Gasteiger partial charge on any atom is 0.0768 e. The van der Waals surface area contributed by atoms with Gasteiger partial charge >= 0.3 is 0 Å². The van der Waals surface area contributed by atoms with Gasteiger partial charge in [-0.1, -0.05) is 0 Å². The van der Waals surface area contributed by atoms with Gasteiger partial charge in [-0.2, -0.15) is 5.10 Å². The fraction of sp³-hybridized carbons (Fsp3) is 0.727. The third kappa shape index (κ3) is 3.35. The Morgan fingerprint density at radius 1 is 1.18 bits per heavy atom. The van der Waals surface area contributed by atoms with E-state index < -0.39 is 0 Å². The molecule has 4 nitrogen and oxygen atoms in total. The van der Waals surface area contributed by atoms with Gasteiger partial charge in [0.1, 0.15) is 0 Å². The maximum atomic E-state index is 4.65. The molecule has 0 radical (unpaired) electrons. The van der Waals surface area contributed by atoms with Crippen LogP contribution in [0.2, 0.25) is 0 Å². The number of nitrogens with one attached hydrogen (secondary N) is 1. The molecule has 0 aliphatic carbocycles. The lowest BCUT2D eigenvalue weighted by molar-refractivity contribution is 0.325. The minimum atomic E-state index is 0. The molecule has 17 heavy (non-hydrogen) atoms. The first-order valence-corrected chi connectivity index (χ1v) is 5.90. The summed E-state index contributed by atoms with van der Waals surface area (Å²) in [7, 11) is 0. The molecule has 2 aliphatic rings. The van der Waals surface area contributed by atoms with Crippen LogP contribution in [0.4, 0.5) is 0 Å². The molecule has 2 aliphatic heterocycles. The minimum absolute atomic E-state index is 0. The van der Waals surface area contributed by atoms with Crippen molar-refractivity contribution in [1.29, 1.82) is 0 Å². The van der Waals surface area contributed by atoms with E-state index in [9.17, 15) is 0 Å². The van der Waals surface area contributed by atoms with Gasteiger partial charge in [0.05, 0.1) is 17.9 Å². The molecule has 1 saturated heterocycles. The average Bonchev–Trinajstić information content (AvgIpc) is 2.86. The van der Waals surface area contributed by atoms with Crippen LogP contribution in [0.3, 0.4) is 0 Å². The van der Waals surface area contributed by atoms with Crippen molar-refractivity contribution in [3.63, 3.8) is 0 Å². The highest BCUT2D eigenvalue weighted by molar-refractivity contribution is 5.85. The van der Waals surface area contributed by atoms with Crippen molar-refractivity contribution in [1.82, 2.24) is 20.0 Å². The van der Waals surface area contributed by atoms with Crippen LogP contribution in [-0.2, 0) is 19.6 Å². The second-order valence-corrected chi connectivity index (χ2v) is 4.51. The van der Waals surface area contributed by atoms with Crippen LogP contribution < -0.4 is 5.32 Å². The highest BCUT2D eigenvalue weighted by Gasteiger charge is 2.16. The molecule has 98 valence electrons. The molecule has 1 aromatic rings. The lowest BCUT2D eigenvalue weighted by Gasteiger charge is -2.13. The lowest BCUT2D eigenvalue weighted by Crippen LogP contribution is -2.28. The minimum Gasteiger partial charge on any atom is -0.309 e. The van der Waals surface area contributed by atoms with Crippen LogP contribution in [0.1, 0.15) is 24.2 Å². The summed E-state index contributed by atoms with van der Waals surface area (Å²) in [6.07, 6.45) is 2.71. The normalized spacial score (nSPS) is 19.3. The van der Waals surface area contributed by atoms with Crippen molar-refractivity contribution in [2.45, 2.75) is 32.5 Å². The van der Waals surface area contributed by atoms with E-state index in [0.717, 1.165) is 26.2 Å². The molecule has 0 amide bonds. The quantitative estimate of drug-likeness (QED) is 0.889. The third-order valence-corrected chi connectivity index (χ3v) is 3.30. The number of hydrogen-bond donors (Lipinski definition) is 1. The Morgan fingerprint density at radius 3 is 2.65 bits per heavy atom. The van der Waals surface area contributed by atoms with Crippen LogP contribution in [0.15, 0.2) is 6.07 Å². The molecule has 0 bridgehead atoms. The predicted octanol–water partition coefficient (Wildman–Crippen LogP) is 1.43. The number of halogens is 2. The van der Waals surface area contributed by atoms with E-state index in [1.807, 2.05) is 0 Å². The highest BCUT2D eigenvalue weighted by Crippen LogP contribution is 2.14. The zero-order chi connectivity index (χ0) is 10.1. The van der Waals surface area contributed by atoms with Gasteiger partial charge in [-0.05, 0) is 32.0 Å². The molecule has 3 rings (SSSR count). The molecular weight excluding hydrogens is 259 g/mol. The largest absolute Gasteiger partial charge is 0.309 e. The van der Waals surface area contributed by atoms with Gasteiger partial charge in [0.15, 0.2) is 0 Å². The second kappa shape index (κ2) is 6.59. The summed E-state index contributed by atoms with van der Waals surface area (Å²) in [5.74, 6) is 0. The molecule has 6 heteroatoms. The molecule has 0 atom stereocenters. The first-order valence-electron chi connectivity index (χ1n) is 5.90. The average molecular weight is 279 g/mol. The number of hydrogen-bond acceptors (Lipinski definition) is 3. The van der Waals surface area contributed by atoms with Gasteiger partial charge in [0.25, 0.3) is 0 Å². The SMILES string of the molecule is Cl.Cl.c1c(CN2CCCC2)nn2c1CNCC2. The summed E-state index contributed by atoms with van der Waals surface area (Å²) < 4.78 is 2.15. The summed E-state index contributed by atoms with van der Waals surface area (Å²) in [4.78, 5) is 2.50. The molecule has 1 aromatic heterocycles. The zero-order valence-electron chi connectivity index (χ0n) is 9.89. The highest BCUT2D eigenvalue weighted by atomic mass is 35.5. The molecule has 0 saturated carbocycles. The number of likely N-dealkylation sites (tertiary alicyclic amines) is 1. The Kier molecular flexibility index (Phi) is 5.73. The fourth-order valence-corrected chi connectivity index (χ4v) is 2.50. The standard InChI is InChI=1S/C11H18N4.2ClH/c1-2-5-14(4-1)9-10-7-11-8-12-3-6-15(11)13-10;;/h7,12H,1-6,8-9H2;2*1H. The van der Waals surface area contributed by atoms with E-state index in [0.29, 0.717) is 0 Å². The summed E-state index contributed by atoms with van der Waals surface area (Å²) in [6.45, 7) is 6.60. The van der Waals surface area contributed by atoms with Crippen molar-refractivity contribution >= 4 is 24.8 Å². The lowest BCUT2D eigenvalue weighted by atomic mass is 10.3. The van der Waals surface area contributed by atoms with Crippen LogP contribution in [0.25, 0.3) is 0 Å². The van der Waals surface area contributed by atoms with Gasteiger partial charge in [-0.25, -0.2) is 0 Å². The summed E-state index contributed by atoms with van der Waals surface area (Å²) in [5, 5.41) is 8.02. The van der Waals surface area contributed by atoms with Gasteiger partial charge in [-0.15, -0.1) is 24.8 Å². The second-order valence-electron chi connectivity index (χ2n) is 4.51. The number of nitrogens with zero attached hydrogens (tertiary/aromatic N) is 3. The third-order valence-electron chi connectivity index (χ3n) is 3.30. The van der Waals surface area contributed by atoms with E-state index in [4.69, 9.17) is 0 Å². The van der Waals surface area contributed by atoms with Gasteiger partial charge in [-0.3, -0.25) is 9.58 Å². The molecule has 0 aromatic carbocycles. The smallest absolute Gasteiger partial charge is 0.0768 e. The van der Waals surface area contributed by atoms with Crippen molar-refractivity contribution < 1.29 is 0 Å². The summed E-state index contributed by atoms with van der Waals surface area (Å²) in [5.41, 5.74) is 2.59. The van der Waals surface area contributed by atoms with Crippen LogP contribution in [0.5, 0.6) is 0 Å². The van der Waals surface area contributed by atoms with E-state index >= 15 is 0 Å². The molecule has 3 heterocycles. The molecule has 0 spiro atoms. The molecule has 1 fully saturated rings. The number of rotatable bonds is 2. The topological polar surface area (TPSA) is 33.1 Å². The zero-order valence-corrected chi connectivity index (χ0v) is 11.5. The Balaban J connectivity index is 0.000000722. The Hall–Kier alpha value is -0.290. The fourth-order valence-electron chi connectivity index (χ4n) is 2.50. The number of fused-ring (bicyclic) bond motifs is 1. The van der Waals surface area contributed by atoms with Crippen molar-refractivity contribution in [3.05, 3.63) is 17.5 Å². The predicted molar refractivity (Wildman–Crippen MR) is 72.9 cm³/mol. The first-order chi connectivity index (χ1) is 7.42. The maximum absolute atomic E-state index is 4.65. The van der Waals surface area contributed by atoms with Crippen molar-refractivity contribution in [3.8, 4) is 0 Å². The molecule has 0 unspecified atom stereocenters.